The Bertz CT molecular complexity index is 569. The zero-order chi connectivity index (χ0) is 13.3. The van der Waals surface area contributed by atoms with E-state index in [-0.39, 0.29) is 0 Å². The number of benzene rings is 1. The summed E-state index contributed by atoms with van der Waals surface area (Å²) in [6.45, 7) is 6.94. The first-order valence-corrected chi connectivity index (χ1v) is 6.21. The molecule has 96 valence electrons. The van der Waals surface area contributed by atoms with Gasteiger partial charge in [-0.1, -0.05) is 6.07 Å². The summed E-state index contributed by atoms with van der Waals surface area (Å²) in [6, 6.07) is 4.38. The van der Waals surface area contributed by atoms with Crippen LogP contribution in [0.5, 0.6) is 0 Å². The standard InChI is InChI=1S/C14H20N4/c1-9-7-11(3)12(8-10(9)2)14-16-13(5-6-15)17-18(14)4/h7-8H,5-6,15H2,1-4H3. The number of hydrogen-bond acceptors (Lipinski definition) is 3. The van der Waals surface area contributed by atoms with Crippen LogP contribution in [0.25, 0.3) is 11.4 Å². The van der Waals surface area contributed by atoms with Crippen LogP contribution in [-0.4, -0.2) is 21.3 Å². The number of nitrogens with two attached hydrogens (primary N) is 1. The van der Waals surface area contributed by atoms with Gasteiger partial charge in [-0.2, -0.15) is 5.10 Å². The number of aryl methyl sites for hydroxylation is 4. The number of rotatable bonds is 3. The third kappa shape index (κ3) is 2.29. The maximum atomic E-state index is 5.54. The van der Waals surface area contributed by atoms with Crippen molar-refractivity contribution >= 4 is 0 Å². The van der Waals surface area contributed by atoms with Crippen molar-refractivity contribution in [3.63, 3.8) is 0 Å². The fourth-order valence-corrected chi connectivity index (χ4v) is 2.11. The summed E-state index contributed by atoms with van der Waals surface area (Å²) in [4.78, 5) is 4.57. The molecule has 2 aromatic rings. The molecule has 0 radical (unpaired) electrons. The summed E-state index contributed by atoms with van der Waals surface area (Å²) in [6.07, 6.45) is 0.720. The summed E-state index contributed by atoms with van der Waals surface area (Å²) in [5, 5.41) is 4.40. The van der Waals surface area contributed by atoms with Gasteiger partial charge in [0, 0.05) is 19.0 Å². The van der Waals surface area contributed by atoms with Crippen LogP contribution in [0, 0.1) is 20.8 Å². The highest BCUT2D eigenvalue weighted by atomic mass is 15.3. The Morgan fingerprint density at radius 2 is 1.78 bits per heavy atom. The van der Waals surface area contributed by atoms with Gasteiger partial charge in [0.15, 0.2) is 11.6 Å². The molecule has 0 aliphatic rings. The lowest BCUT2D eigenvalue weighted by atomic mass is 10.0. The Labute approximate surface area is 108 Å². The van der Waals surface area contributed by atoms with Crippen LogP contribution in [0.15, 0.2) is 12.1 Å². The van der Waals surface area contributed by atoms with E-state index in [1.807, 2.05) is 11.7 Å². The molecule has 0 atom stereocenters. The van der Waals surface area contributed by atoms with E-state index in [0.29, 0.717) is 6.54 Å². The second kappa shape index (κ2) is 4.90. The van der Waals surface area contributed by atoms with Crippen LogP contribution in [0.1, 0.15) is 22.5 Å². The summed E-state index contributed by atoms with van der Waals surface area (Å²) in [7, 11) is 1.93. The minimum Gasteiger partial charge on any atom is -0.330 e. The van der Waals surface area contributed by atoms with E-state index in [0.717, 1.165) is 23.6 Å². The van der Waals surface area contributed by atoms with E-state index in [9.17, 15) is 0 Å². The Kier molecular flexibility index (Phi) is 3.48. The highest BCUT2D eigenvalue weighted by Gasteiger charge is 2.12. The minimum absolute atomic E-state index is 0.579. The molecule has 0 aliphatic heterocycles. The maximum absolute atomic E-state index is 5.54. The van der Waals surface area contributed by atoms with Crippen LogP contribution >= 0.6 is 0 Å². The molecule has 1 heterocycles. The predicted octanol–water partition coefficient (Wildman–Crippen LogP) is 1.91. The van der Waals surface area contributed by atoms with Crippen LogP contribution in [-0.2, 0) is 13.5 Å². The molecule has 0 fully saturated rings. The molecule has 0 saturated carbocycles. The normalized spacial score (nSPS) is 10.9. The molecule has 2 rings (SSSR count). The first-order valence-electron chi connectivity index (χ1n) is 6.21. The van der Waals surface area contributed by atoms with Gasteiger partial charge in [-0.25, -0.2) is 9.67 Å². The lowest BCUT2D eigenvalue weighted by Gasteiger charge is -2.08. The average molecular weight is 244 g/mol. The number of nitrogens with zero attached hydrogens (tertiary/aromatic N) is 3. The predicted molar refractivity (Wildman–Crippen MR) is 73.4 cm³/mol. The molecule has 0 amide bonds. The van der Waals surface area contributed by atoms with E-state index < -0.39 is 0 Å². The van der Waals surface area contributed by atoms with E-state index in [1.54, 1.807) is 0 Å². The van der Waals surface area contributed by atoms with Crippen molar-refractivity contribution in [2.75, 3.05) is 6.54 Å². The monoisotopic (exact) mass is 244 g/mol. The van der Waals surface area contributed by atoms with Crippen molar-refractivity contribution in [2.24, 2.45) is 12.8 Å². The van der Waals surface area contributed by atoms with E-state index >= 15 is 0 Å². The molecule has 0 spiro atoms. The van der Waals surface area contributed by atoms with Gasteiger partial charge in [-0.15, -0.1) is 0 Å². The molecular weight excluding hydrogens is 224 g/mol. The first-order chi connectivity index (χ1) is 8.52. The molecule has 4 nitrogen and oxygen atoms in total. The van der Waals surface area contributed by atoms with E-state index in [4.69, 9.17) is 5.73 Å². The quantitative estimate of drug-likeness (QED) is 0.897. The SMILES string of the molecule is Cc1cc(C)c(-c2nc(CCN)nn2C)cc1C. The first kappa shape index (κ1) is 12.8. The molecule has 0 aliphatic carbocycles. The van der Waals surface area contributed by atoms with Gasteiger partial charge >= 0.3 is 0 Å². The third-order valence-corrected chi connectivity index (χ3v) is 3.26. The van der Waals surface area contributed by atoms with Crippen molar-refractivity contribution in [1.29, 1.82) is 0 Å². The van der Waals surface area contributed by atoms with Gasteiger partial charge in [0.05, 0.1) is 0 Å². The molecule has 4 heteroatoms. The van der Waals surface area contributed by atoms with Gasteiger partial charge in [0.25, 0.3) is 0 Å². The summed E-state index contributed by atoms with van der Waals surface area (Å²) >= 11 is 0. The Morgan fingerprint density at radius 1 is 1.11 bits per heavy atom. The Morgan fingerprint density at radius 3 is 2.44 bits per heavy atom. The molecule has 1 aromatic carbocycles. The fraction of sp³-hybridized carbons (Fsp3) is 0.429. The van der Waals surface area contributed by atoms with Crippen LogP contribution in [0.2, 0.25) is 0 Å². The lowest BCUT2D eigenvalue weighted by molar-refractivity contribution is 0.744. The van der Waals surface area contributed by atoms with Crippen LogP contribution < -0.4 is 5.73 Å². The smallest absolute Gasteiger partial charge is 0.158 e. The van der Waals surface area contributed by atoms with Crippen LogP contribution in [0.3, 0.4) is 0 Å². The molecule has 18 heavy (non-hydrogen) atoms. The van der Waals surface area contributed by atoms with Gasteiger partial charge in [0.1, 0.15) is 0 Å². The fourth-order valence-electron chi connectivity index (χ4n) is 2.11. The van der Waals surface area contributed by atoms with Crippen LogP contribution in [0.4, 0.5) is 0 Å². The van der Waals surface area contributed by atoms with Crippen molar-refractivity contribution in [1.82, 2.24) is 14.8 Å². The molecule has 1 aromatic heterocycles. The topological polar surface area (TPSA) is 56.7 Å². The maximum Gasteiger partial charge on any atom is 0.158 e. The van der Waals surface area contributed by atoms with Crippen molar-refractivity contribution < 1.29 is 0 Å². The lowest BCUT2D eigenvalue weighted by Crippen LogP contribution is -2.04. The zero-order valence-electron chi connectivity index (χ0n) is 11.5. The third-order valence-electron chi connectivity index (χ3n) is 3.26. The molecule has 0 saturated heterocycles. The number of aromatic nitrogens is 3. The zero-order valence-corrected chi connectivity index (χ0v) is 11.5. The van der Waals surface area contributed by atoms with Crippen molar-refractivity contribution in [2.45, 2.75) is 27.2 Å². The van der Waals surface area contributed by atoms with E-state index in [2.05, 4.69) is 43.0 Å². The molecule has 0 unspecified atom stereocenters. The molecular formula is C14H20N4. The van der Waals surface area contributed by atoms with Gasteiger partial charge in [-0.3, -0.25) is 0 Å². The van der Waals surface area contributed by atoms with Gasteiger partial charge in [-0.05, 0) is 50.1 Å². The van der Waals surface area contributed by atoms with Gasteiger partial charge in [0.2, 0.25) is 0 Å². The largest absolute Gasteiger partial charge is 0.330 e. The molecule has 0 bridgehead atoms. The Balaban J connectivity index is 2.51. The summed E-state index contributed by atoms with van der Waals surface area (Å²) < 4.78 is 1.84. The van der Waals surface area contributed by atoms with Gasteiger partial charge < -0.3 is 5.73 Å². The Hall–Kier alpha value is -1.68. The van der Waals surface area contributed by atoms with E-state index in [1.165, 1.54) is 16.7 Å². The minimum atomic E-state index is 0.579. The van der Waals surface area contributed by atoms with Crippen molar-refractivity contribution in [3.8, 4) is 11.4 Å². The van der Waals surface area contributed by atoms with Crippen molar-refractivity contribution in [3.05, 3.63) is 34.6 Å². The second-order valence-electron chi connectivity index (χ2n) is 4.77. The second-order valence-corrected chi connectivity index (χ2v) is 4.77. The number of hydrogen-bond donors (Lipinski definition) is 1. The summed E-state index contributed by atoms with van der Waals surface area (Å²) in [5.41, 5.74) is 10.5. The average Bonchev–Trinajstić information content (AvgIpc) is 2.65. The molecule has 2 N–H and O–H groups in total. The highest BCUT2D eigenvalue weighted by molar-refractivity contribution is 5.62. The summed E-state index contributed by atoms with van der Waals surface area (Å²) in [5.74, 6) is 1.73. The highest BCUT2D eigenvalue weighted by Crippen LogP contribution is 2.24.